The molecule has 0 amide bonds. The van der Waals surface area contributed by atoms with Crippen molar-refractivity contribution in [1.82, 2.24) is 0 Å². The van der Waals surface area contributed by atoms with Crippen LogP contribution in [-0.4, -0.2) is 14.1 Å². The first kappa shape index (κ1) is 7.56. The summed E-state index contributed by atoms with van der Waals surface area (Å²) < 4.78 is 1.67. The lowest BCUT2D eigenvalue weighted by atomic mass is 10.0. The van der Waals surface area contributed by atoms with E-state index in [-0.39, 0.29) is 0 Å². The van der Waals surface area contributed by atoms with Gasteiger partial charge in [-0.15, -0.1) is 0 Å². The molecule has 0 unspecified atom stereocenters. The topological polar surface area (TPSA) is 17.1 Å². The maximum Gasteiger partial charge on any atom is 0.150 e. The van der Waals surface area contributed by atoms with Gasteiger partial charge in [-0.2, -0.15) is 11.3 Å². The highest BCUT2D eigenvalue weighted by Gasteiger charge is 2.05. The second-order valence-corrected chi connectivity index (χ2v) is 3.58. The minimum atomic E-state index is 0.603. The van der Waals surface area contributed by atoms with Gasteiger partial charge in [0, 0.05) is 15.6 Å². The number of benzene rings is 1. The molecule has 0 saturated carbocycles. The molecule has 0 aliphatic rings. The fourth-order valence-corrected chi connectivity index (χ4v) is 2.15. The molecule has 2 aromatic rings. The van der Waals surface area contributed by atoms with Crippen molar-refractivity contribution in [1.29, 1.82) is 0 Å². The summed E-state index contributed by atoms with van der Waals surface area (Å²) in [5, 5.41) is 0.954. The van der Waals surface area contributed by atoms with E-state index in [1.807, 2.05) is 24.3 Å². The summed E-state index contributed by atoms with van der Waals surface area (Å²) in [6.45, 7) is 0. The molecule has 0 fully saturated rings. The molecule has 0 bridgehead atoms. The predicted octanol–water partition coefficient (Wildman–Crippen LogP) is 1.51. The van der Waals surface area contributed by atoms with Crippen LogP contribution in [0.2, 0.25) is 0 Å². The summed E-state index contributed by atoms with van der Waals surface area (Å²) >= 11 is 1.45. The molecule has 1 heterocycles. The van der Waals surface area contributed by atoms with Crippen LogP contribution in [0.4, 0.5) is 0 Å². The second-order valence-electron chi connectivity index (χ2n) is 2.49. The summed E-state index contributed by atoms with van der Waals surface area (Å²) in [4.78, 5) is 10.6. The Kier molecular flexibility index (Phi) is 1.73. The van der Waals surface area contributed by atoms with E-state index in [1.165, 1.54) is 11.3 Å². The van der Waals surface area contributed by atoms with Gasteiger partial charge in [0.05, 0.1) is 0 Å². The lowest BCUT2D eigenvalue weighted by Crippen LogP contribution is -2.00. The van der Waals surface area contributed by atoms with Gasteiger partial charge in [-0.1, -0.05) is 18.2 Å². The van der Waals surface area contributed by atoms with Crippen molar-refractivity contribution in [3.8, 4) is 0 Å². The first-order valence-corrected chi connectivity index (χ1v) is 4.37. The predicted molar refractivity (Wildman–Crippen MR) is 52.6 cm³/mol. The van der Waals surface area contributed by atoms with E-state index in [4.69, 9.17) is 7.85 Å². The molecule has 0 aliphatic carbocycles. The van der Waals surface area contributed by atoms with Crippen LogP contribution in [-0.2, 0) is 0 Å². The smallest absolute Gasteiger partial charge is 0.150 e. The Morgan fingerprint density at radius 2 is 2.08 bits per heavy atom. The number of carbonyl (C=O) groups excluding carboxylic acids is 1. The third kappa shape index (κ3) is 0.977. The SMILES string of the molecule is [B]c1sc2ccccc2c1C=O. The van der Waals surface area contributed by atoms with Gasteiger partial charge >= 0.3 is 0 Å². The molecule has 0 spiro atoms. The van der Waals surface area contributed by atoms with Gasteiger partial charge < -0.3 is 0 Å². The largest absolute Gasteiger partial charge is 0.298 e. The zero-order valence-electron chi connectivity index (χ0n) is 6.28. The van der Waals surface area contributed by atoms with Crippen LogP contribution < -0.4 is 4.78 Å². The van der Waals surface area contributed by atoms with Gasteiger partial charge in [0.15, 0.2) is 6.29 Å². The number of aldehydes is 1. The molecule has 56 valence electrons. The number of carbonyl (C=O) groups is 1. The van der Waals surface area contributed by atoms with Crippen LogP contribution in [0, 0.1) is 0 Å². The van der Waals surface area contributed by atoms with Crippen LogP contribution in [0.1, 0.15) is 10.4 Å². The molecule has 12 heavy (non-hydrogen) atoms. The minimum Gasteiger partial charge on any atom is -0.298 e. The zero-order valence-corrected chi connectivity index (χ0v) is 7.10. The highest BCUT2D eigenvalue weighted by atomic mass is 32.1. The molecule has 1 aromatic carbocycles. The van der Waals surface area contributed by atoms with Gasteiger partial charge in [-0.25, -0.2) is 0 Å². The molecular weight excluding hydrogens is 167 g/mol. The lowest BCUT2D eigenvalue weighted by Gasteiger charge is -1.87. The molecule has 0 atom stereocenters. The monoisotopic (exact) mass is 172 g/mol. The van der Waals surface area contributed by atoms with Gasteiger partial charge in [0.1, 0.15) is 7.85 Å². The van der Waals surface area contributed by atoms with Crippen molar-refractivity contribution in [2.45, 2.75) is 0 Å². The van der Waals surface area contributed by atoms with E-state index in [0.29, 0.717) is 10.3 Å². The Balaban J connectivity index is 2.90. The van der Waals surface area contributed by atoms with Gasteiger partial charge in [0.25, 0.3) is 0 Å². The Morgan fingerprint density at radius 1 is 1.33 bits per heavy atom. The summed E-state index contributed by atoms with van der Waals surface area (Å²) in [5.74, 6) is 0. The van der Waals surface area contributed by atoms with E-state index < -0.39 is 0 Å². The molecular formula is C9H5BOS. The van der Waals surface area contributed by atoms with Crippen molar-refractivity contribution < 1.29 is 4.79 Å². The molecule has 2 rings (SSSR count). The summed E-state index contributed by atoms with van der Waals surface area (Å²) in [6.07, 6.45) is 0.814. The second kappa shape index (κ2) is 2.75. The Labute approximate surface area is 75.4 Å². The van der Waals surface area contributed by atoms with Crippen molar-refractivity contribution >= 4 is 40.3 Å². The third-order valence-corrected chi connectivity index (χ3v) is 2.80. The normalized spacial score (nSPS) is 10.3. The van der Waals surface area contributed by atoms with Crippen molar-refractivity contribution in [3.63, 3.8) is 0 Å². The lowest BCUT2D eigenvalue weighted by molar-refractivity contribution is 0.112. The Morgan fingerprint density at radius 3 is 2.83 bits per heavy atom. The zero-order chi connectivity index (χ0) is 8.55. The van der Waals surface area contributed by atoms with E-state index in [1.54, 1.807) is 0 Å². The molecule has 0 N–H and O–H groups in total. The number of rotatable bonds is 1. The molecule has 2 radical (unpaired) electrons. The van der Waals surface area contributed by atoms with Crippen LogP contribution >= 0.6 is 11.3 Å². The molecule has 1 nitrogen and oxygen atoms in total. The van der Waals surface area contributed by atoms with E-state index in [0.717, 1.165) is 16.4 Å². The first-order chi connectivity index (χ1) is 5.83. The summed E-state index contributed by atoms with van der Waals surface area (Å²) in [6, 6.07) is 7.71. The highest BCUT2D eigenvalue weighted by Crippen LogP contribution is 2.21. The number of thiophene rings is 1. The Hall–Kier alpha value is -1.09. The van der Waals surface area contributed by atoms with Crippen molar-refractivity contribution in [2.24, 2.45) is 0 Å². The Bertz CT molecular complexity index is 433. The number of hydrogen-bond acceptors (Lipinski definition) is 2. The molecule has 0 saturated heterocycles. The average molecular weight is 172 g/mol. The van der Waals surface area contributed by atoms with Crippen LogP contribution in [0.3, 0.4) is 0 Å². The molecule has 0 aliphatic heterocycles. The third-order valence-electron chi connectivity index (χ3n) is 1.78. The maximum atomic E-state index is 10.6. The van der Waals surface area contributed by atoms with E-state index >= 15 is 0 Å². The average Bonchev–Trinajstić information content (AvgIpc) is 2.40. The van der Waals surface area contributed by atoms with Crippen LogP contribution in [0.15, 0.2) is 24.3 Å². The van der Waals surface area contributed by atoms with Gasteiger partial charge in [0.2, 0.25) is 0 Å². The fourth-order valence-electron chi connectivity index (χ4n) is 1.21. The summed E-state index contributed by atoms with van der Waals surface area (Å²) in [5.41, 5.74) is 0.621. The number of fused-ring (bicyclic) bond motifs is 1. The van der Waals surface area contributed by atoms with Crippen molar-refractivity contribution in [3.05, 3.63) is 29.8 Å². The van der Waals surface area contributed by atoms with E-state index in [2.05, 4.69) is 0 Å². The standard InChI is InChI=1S/C9H5BOS/c10-9-7(5-11)6-3-1-2-4-8(6)12-9/h1-5H. The van der Waals surface area contributed by atoms with Crippen molar-refractivity contribution in [2.75, 3.05) is 0 Å². The van der Waals surface area contributed by atoms with Gasteiger partial charge in [-0.3, -0.25) is 4.79 Å². The maximum absolute atomic E-state index is 10.6. The molecule has 1 aromatic heterocycles. The quantitative estimate of drug-likeness (QED) is 0.470. The highest BCUT2D eigenvalue weighted by molar-refractivity contribution is 7.26. The van der Waals surface area contributed by atoms with Crippen LogP contribution in [0.25, 0.3) is 10.1 Å². The minimum absolute atomic E-state index is 0.603. The van der Waals surface area contributed by atoms with Crippen LogP contribution in [0.5, 0.6) is 0 Å². The number of hydrogen-bond donors (Lipinski definition) is 0. The first-order valence-electron chi connectivity index (χ1n) is 3.55. The summed E-state index contributed by atoms with van der Waals surface area (Å²) in [7, 11) is 5.65. The fraction of sp³-hybridized carbons (Fsp3) is 0. The molecule has 3 heteroatoms. The van der Waals surface area contributed by atoms with E-state index in [9.17, 15) is 4.79 Å². The van der Waals surface area contributed by atoms with Gasteiger partial charge in [-0.05, 0) is 10.8 Å².